The third-order valence-electron chi connectivity index (χ3n) is 8.08. The number of rotatable bonds is 13. The van der Waals surface area contributed by atoms with Gasteiger partial charge in [-0.25, -0.2) is 0 Å². The lowest BCUT2D eigenvalue weighted by Gasteiger charge is -2.39. The van der Waals surface area contributed by atoms with Gasteiger partial charge in [0.05, 0.1) is 11.4 Å². The molecule has 0 aliphatic carbocycles. The number of methoxy groups -OCH3 is 1. The fraction of sp³-hybridized carbons (Fsp3) is 0.472. The highest BCUT2D eigenvalue weighted by atomic mass is 35.5. The summed E-state index contributed by atoms with van der Waals surface area (Å²) in [6.07, 6.45) is 0.115. The van der Waals surface area contributed by atoms with Crippen LogP contribution in [0.1, 0.15) is 83.7 Å². The minimum Gasteiger partial charge on any atom is -0.540 e. The highest BCUT2D eigenvalue weighted by Gasteiger charge is 2.40. The van der Waals surface area contributed by atoms with Crippen LogP contribution in [0.4, 0.5) is 0 Å². The maximum Gasteiger partial charge on any atom is 0.308 e. The van der Waals surface area contributed by atoms with Crippen molar-refractivity contribution >= 4 is 25.9 Å². The van der Waals surface area contributed by atoms with E-state index < -0.39 is 20.0 Å². The fourth-order valence-electron chi connectivity index (χ4n) is 4.72. The molecule has 0 saturated carbocycles. The molecule has 8 heteroatoms. The lowest BCUT2D eigenvalue weighted by Crippen LogP contribution is -2.44. The van der Waals surface area contributed by atoms with E-state index in [2.05, 4.69) is 70.0 Å². The Morgan fingerprint density at radius 2 is 1.50 bits per heavy atom. The Labute approximate surface area is 270 Å². The van der Waals surface area contributed by atoms with Crippen molar-refractivity contribution in [1.82, 2.24) is 4.90 Å². The van der Waals surface area contributed by atoms with Crippen molar-refractivity contribution in [3.63, 3.8) is 0 Å². The van der Waals surface area contributed by atoms with Gasteiger partial charge in [-0.1, -0.05) is 93.0 Å². The largest absolute Gasteiger partial charge is 0.540 e. The second-order valence-electron chi connectivity index (χ2n) is 13.8. The van der Waals surface area contributed by atoms with Crippen molar-refractivity contribution in [3.05, 3.63) is 94.5 Å². The van der Waals surface area contributed by atoms with E-state index in [1.54, 1.807) is 7.11 Å². The quantitative estimate of drug-likeness (QED) is 0.105. The number of hydrogen-bond acceptors (Lipinski definition) is 6. The molecule has 0 aromatic heterocycles. The van der Waals surface area contributed by atoms with Crippen LogP contribution in [0.5, 0.6) is 11.5 Å². The van der Waals surface area contributed by atoms with Gasteiger partial charge in [-0.3, -0.25) is 9.69 Å². The highest BCUT2D eigenvalue weighted by Crippen LogP contribution is 2.46. The Morgan fingerprint density at radius 1 is 0.909 bits per heavy atom. The van der Waals surface area contributed by atoms with E-state index in [4.69, 9.17) is 30.2 Å². The van der Waals surface area contributed by atoms with E-state index >= 15 is 0 Å². The molecule has 0 N–H and O–H groups in total. The van der Waals surface area contributed by atoms with Gasteiger partial charge < -0.3 is 18.6 Å². The zero-order valence-electron chi connectivity index (χ0n) is 28.1. The van der Waals surface area contributed by atoms with Crippen molar-refractivity contribution in [2.45, 2.75) is 97.2 Å². The number of carbonyl (C=O) groups excluding carboxylic acids is 1. The van der Waals surface area contributed by atoms with Crippen LogP contribution < -0.4 is 9.16 Å². The van der Waals surface area contributed by atoms with Crippen molar-refractivity contribution in [3.8, 4) is 11.5 Å². The summed E-state index contributed by atoms with van der Waals surface area (Å²) < 4.78 is 23.9. The molecule has 0 aliphatic rings. The molecule has 3 rings (SSSR count). The molecule has 6 nitrogen and oxygen atoms in total. The number of halogens is 1. The van der Waals surface area contributed by atoms with Gasteiger partial charge in [-0.15, -0.1) is 0 Å². The number of carbonyl (C=O) groups is 1. The number of nitrogens with zero attached hydrogens (tertiary/aromatic N) is 1. The standard InChI is InChI=1S/C36H50ClNO5Si/c1-26(28-19-15-12-16-20-28)38(24-27-17-13-11-14-18-27)31(23-33(39)42-35(2,3)4)29-21-30(37)34(32(22-29)41-25-40-8)43-44(9,10)36(5,6)7/h11-22,26,31H,23-25H2,1-10H3/t26-,31+/m1/s1. The zero-order valence-corrected chi connectivity index (χ0v) is 29.8. The molecule has 0 aliphatic heterocycles. The number of hydrogen-bond donors (Lipinski definition) is 0. The van der Waals surface area contributed by atoms with Crippen molar-refractivity contribution in [2.75, 3.05) is 13.9 Å². The van der Waals surface area contributed by atoms with Crippen molar-refractivity contribution in [1.29, 1.82) is 0 Å². The fourth-order valence-corrected chi connectivity index (χ4v) is 6.07. The van der Waals surface area contributed by atoms with Crippen LogP contribution in [-0.2, 0) is 20.8 Å². The molecule has 3 aromatic carbocycles. The first kappa shape index (κ1) is 35.6. The molecule has 0 radical (unpaired) electrons. The smallest absolute Gasteiger partial charge is 0.308 e. The van der Waals surface area contributed by atoms with E-state index in [1.165, 1.54) is 0 Å². The van der Waals surface area contributed by atoms with Gasteiger partial charge in [0.1, 0.15) is 5.60 Å². The summed E-state index contributed by atoms with van der Waals surface area (Å²) in [5.41, 5.74) is 2.47. The maximum atomic E-state index is 13.5. The summed E-state index contributed by atoms with van der Waals surface area (Å²) in [5.74, 6) is 0.694. The molecule has 0 saturated heterocycles. The summed E-state index contributed by atoms with van der Waals surface area (Å²) >= 11 is 7.06. The van der Waals surface area contributed by atoms with E-state index in [0.717, 1.165) is 16.7 Å². The number of benzene rings is 3. The van der Waals surface area contributed by atoms with Gasteiger partial charge in [0.2, 0.25) is 0 Å². The third-order valence-corrected chi connectivity index (χ3v) is 12.7. The molecule has 0 heterocycles. The summed E-state index contributed by atoms with van der Waals surface area (Å²) in [7, 11) is -0.692. The van der Waals surface area contributed by atoms with Crippen LogP contribution >= 0.6 is 11.6 Å². The van der Waals surface area contributed by atoms with E-state index in [-0.39, 0.29) is 30.3 Å². The topological polar surface area (TPSA) is 57.2 Å². The van der Waals surface area contributed by atoms with E-state index in [9.17, 15) is 4.79 Å². The predicted octanol–water partition coefficient (Wildman–Crippen LogP) is 9.74. The van der Waals surface area contributed by atoms with Crippen LogP contribution in [0.25, 0.3) is 0 Å². The normalized spacial score (nSPS) is 13.8. The molecule has 2 atom stereocenters. The molecule has 240 valence electrons. The van der Waals surface area contributed by atoms with Gasteiger partial charge in [-0.05, 0) is 74.7 Å². The van der Waals surface area contributed by atoms with Gasteiger partial charge >= 0.3 is 5.97 Å². The first-order valence-corrected chi connectivity index (χ1v) is 18.5. The van der Waals surface area contributed by atoms with Crippen LogP contribution in [0, 0.1) is 0 Å². The molecule has 0 fully saturated rings. The van der Waals surface area contributed by atoms with Crippen LogP contribution in [0.2, 0.25) is 23.2 Å². The lowest BCUT2D eigenvalue weighted by molar-refractivity contribution is -0.156. The van der Waals surface area contributed by atoms with Crippen LogP contribution in [0.3, 0.4) is 0 Å². The van der Waals surface area contributed by atoms with Gasteiger partial charge in [0, 0.05) is 25.7 Å². The van der Waals surface area contributed by atoms with Crippen LogP contribution in [0.15, 0.2) is 72.8 Å². The average Bonchev–Trinajstić information content (AvgIpc) is 2.94. The molecule has 0 spiro atoms. The van der Waals surface area contributed by atoms with Gasteiger partial charge in [-0.2, -0.15) is 0 Å². The SMILES string of the molecule is COCOc1cc([C@H](CC(=O)OC(C)(C)C)N(Cc2ccccc2)[C@H](C)c2ccccc2)cc(Cl)c1O[Si](C)(C)C(C)(C)C. The Kier molecular flexibility index (Phi) is 12.1. The van der Waals surface area contributed by atoms with Gasteiger partial charge in [0.15, 0.2) is 18.3 Å². The van der Waals surface area contributed by atoms with Gasteiger partial charge in [0.25, 0.3) is 8.32 Å². The Morgan fingerprint density at radius 3 is 2.05 bits per heavy atom. The molecule has 44 heavy (non-hydrogen) atoms. The third kappa shape index (κ3) is 9.83. The van der Waals surface area contributed by atoms with Crippen molar-refractivity contribution in [2.24, 2.45) is 0 Å². The summed E-state index contributed by atoms with van der Waals surface area (Å²) in [6, 6.07) is 24.0. The number of esters is 1. The molecule has 0 bridgehead atoms. The first-order valence-electron chi connectivity index (χ1n) is 15.2. The second-order valence-corrected chi connectivity index (χ2v) is 18.9. The van der Waals surface area contributed by atoms with Crippen molar-refractivity contribution < 1.29 is 23.4 Å². The summed E-state index contributed by atoms with van der Waals surface area (Å²) in [5, 5.41) is 0.379. The molecular weight excluding hydrogens is 590 g/mol. The molecule has 3 aromatic rings. The van der Waals surface area contributed by atoms with E-state index in [1.807, 2.05) is 69.3 Å². The number of ether oxygens (including phenoxy) is 3. The minimum absolute atomic E-state index is 0.0263. The minimum atomic E-state index is -2.27. The predicted molar refractivity (Wildman–Crippen MR) is 182 cm³/mol. The second kappa shape index (κ2) is 15.0. The van der Waals surface area contributed by atoms with E-state index in [0.29, 0.717) is 23.1 Å². The van der Waals surface area contributed by atoms with Crippen LogP contribution in [-0.4, -0.2) is 38.7 Å². The Bertz CT molecular complexity index is 1350. The Hall–Kier alpha value is -2.84. The summed E-state index contributed by atoms with van der Waals surface area (Å²) in [4.78, 5) is 15.8. The molecular formula is C36H50ClNO5Si. The molecule has 0 amide bonds. The monoisotopic (exact) mass is 639 g/mol. The Balaban J connectivity index is 2.21. The average molecular weight is 640 g/mol. The lowest BCUT2D eigenvalue weighted by atomic mass is 9.96. The molecule has 0 unspecified atom stereocenters. The first-order chi connectivity index (χ1) is 20.5. The zero-order chi connectivity index (χ0) is 32.7. The maximum absolute atomic E-state index is 13.5. The summed E-state index contributed by atoms with van der Waals surface area (Å²) in [6.45, 7) is 19.3. The highest BCUT2D eigenvalue weighted by molar-refractivity contribution is 6.74.